The van der Waals surface area contributed by atoms with E-state index in [1.54, 1.807) is 6.20 Å². The maximum atomic E-state index is 5.19. The zero-order valence-corrected chi connectivity index (χ0v) is 6.25. The Balaban J connectivity index is 0.000000112. The van der Waals surface area contributed by atoms with Crippen LogP contribution in [0.2, 0.25) is 0 Å². The fourth-order valence-electron chi connectivity index (χ4n) is 0.662. The number of nitrogens with one attached hydrogen (secondary N) is 3. The molecule has 2 aliphatic heterocycles. The van der Waals surface area contributed by atoms with Gasteiger partial charge in [-0.05, 0) is 6.08 Å². The summed E-state index contributed by atoms with van der Waals surface area (Å²) < 4.78 is 0. The highest BCUT2D eigenvalue weighted by molar-refractivity contribution is 4.86. The van der Waals surface area contributed by atoms with E-state index in [2.05, 4.69) is 16.3 Å². The second-order valence-electron chi connectivity index (χ2n) is 2.11. The molecule has 0 fully saturated rings. The third-order valence-electron chi connectivity index (χ3n) is 1.18. The zero-order valence-electron chi connectivity index (χ0n) is 6.25. The Labute approximate surface area is 65.8 Å². The molecule has 0 saturated heterocycles. The summed E-state index contributed by atoms with van der Waals surface area (Å²) in [7, 11) is 0. The van der Waals surface area contributed by atoms with Crippen LogP contribution in [0.3, 0.4) is 0 Å². The maximum absolute atomic E-state index is 5.19. The van der Waals surface area contributed by atoms with E-state index in [0.717, 1.165) is 13.1 Å². The van der Waals surface area contributed by atoms with Crippen LogP contribution in [-0.4, -0.2) is 18.2 Å². The summed E-state index contributed by atoms with van der Waals surface area (Å²) >= 11 is 0. The average molecular weight is 155 g/mol. The van der Waals surface area contributed by atoms with Crippen molar-refractivity contribution in [3.63, 3.8) is 0 Å². The van der Waals surface area contributed by atoms with E-state index in [-0.39, 0.29) is 0 Å². The van der Waals surface area contributed by atoms with Crippen molar-refractivity contribution in [2.24, 2.45) is 5.84 Å². The number of hydrazine groups is 3. The van der Waals surface area contributed by atoms with E-state index in [1.165, 1.54) is 5.12 Å². The fourth-order valence-corrected chi connectivity index (χ4v) is 0.662. The SMILES string of the molecule is C1=CNNC1.NN1CC=CN1. The van der Waals surface area contributed by atoms with Crippen LogP contribution in [0.25, 0.3) is 0 Å². The van der Waals surface area contributed by atoms with E-state index < -0.39 is 0 Å². The summed E-state index contributed by atoms with van der Waals surface area (Å²) in [5.41, 5.74) is 8.40. The van der Waals surface area contributed by atoms with Gasteiger partial charge in [0.1, 0.15) is 0 Å². The third-order valence-corrected chi connectivity index (χ3v) is 1.18. The molecule has 0 aromatic heterocycles. The van der Waals surface area contributed by atoms with Crippen LogP contribution < -0.4 is 22.1 Å². The number of hydrogen-bond donors (Lipinski definition) is 4. The first-order valence-electron chi connectivity index (χ1n) is 3.46. The van der Waals surface area contributed by atoms with Crippen molar-refractivity contribution < 1.29 is 0 Å². The topological polar surface area (TPSA) is 65.3 Å². The lowest BCUT2D eigenvalue weighted by atomic mass is 10.7. The van der Waals surface area contributed by atoms with Gasteiger partial charge in [-0.1, -0.05) is 6.08 Å². The van der Waals surface area contributed by atoms with Crippen LogP contribution in [-0.2, 0) is 0 Å². The van der Waals surface area contributed by atoms with Gasteiger partial charge in [-0.3, -0.25) is 5.84 Å². The Hall–Kier alpha value is -1.04. The molecular formula is C6H13N5. The summed E-state index contributed by atoms with van der Waals surface area (Å²) in [5, 5.41) is 1.50. The van der Waals surface area contributed by atoms with Crippen molar-refractivity contribution in [1.29, 1.82) is 0 Å². The number of nitrogens with zero attached hydrogens (tertiary/aromatic N) is 1. The zero-order chi connectivity index (χ0) is 7.94. The highest BCUT2D eigenvalue weighted by atomic mass is 15.7. The maximum Gasteiger partial charge on any atom is 0.0533 e. The smallest absolute Gasteiger partial charge is 0.0533 e. The van der Waals surface area contributed by atoms with Crippen molar-refractivity contribution in [3.8, 4) is 0 Å². The first kappa shape index (κ1) is 8.06. The molecule has 0 spiro atoms. The van der Waals surface area contributed by atoms with E-state index in [9.17, 15) is 0 Å². The number of nitrogens with two attached hydrogens (primary N) is 1. The molecule has 0 atom stereocenters. The van der Waals surface area contributed by atoms with Crippen LogP contribution in [0.15, 0.2) is 24.6 Å². The fraction of sp³-hybridized carbons (Fsp3) is 0.333. The predicted molar refractivity (Wildman–Crippen MR) is 43.4 cm³/mol. The molecule has 0 aliphatic carbocycles. The standard InChI is InChI=1S/C3H7N3.C3H6N2/c4-6-3-1-2-5-6;1-2-4-5-3-1/h1-2,5H,3-4H2;1-2,4-5H,3H2. The van der Waals surface area contributed by atoms with Gasteiger partial charge in [0.25, 0.3) is 0 Å². The Bertz CT molecular complexity index is 139. The molecule has 62 valence electrons. The van der Waals surface area contributed by atoms with Crippen molar-refractivity contribution in [2.45, 2.75) is 0 Å². The van der Waals surface area contributed by atoms with Gasteiger partial charge < -0.3 is 10.9 Å². The van der Waals surface area contributed by atoms with Crippen LogP contribution in [0.1, 0.15) is 0 Å². The lowest BCUT2D eigenvalue weighted by molar-refractivity contribution is 0.276. The molecule has 2 rings (SSSR count). The Morgan fingerprint density at radius 2 is 2.18 bits per heavy atom. The molecule has 0 bridgehead atoms. The molecule has 0 saturated carbocycles. The molecule has 5 N–H and O–H groups in total. The van der Waals surface area contributed by atoms with Crippen molar-refractivity contribution in [1.82, 2.24) is 21.4 Å². The van der Waals surface area contributed by atoms with Gasteiger partial charge in [0.05, 0.1) is 6.54 Å². The van der Waals surface area contributed by atoms with E-state index in [0.29, 0.717) is 0 Å². The van der Waals surface area contributed by atoms with Crippen LogP contribution in [0.5, 0.6) is 0 Å². The molecular weight excluding hydrogens is 142 g/mol. The van der Waals surface area contributed by atoms with Crippen molar-refractivity contribution in [3.05, 3.63) is 24.6 Å². The lowest BCUT2D eigenvalue weighted by Crippen LogP contribution is -2.36. The van der Waals surface area contributed by atoms with Gasteiger partial charge in [-0.15, -0.1) is 0 Å². The molecule has 5 nitrogen and oxygen atoms in total. The Kier molecular flexibility index (Phi) is 3.46. The van der Waals surface area contributed by atoms with Crippen LogP contribution >= 0.6 is 0 Å². The summed E-state index contributed by atoms with van der Waals surface area (Å²) in [6, 6.07) is 0. The molecule has 0 aromatic carbocycles. The van der Waals surface area contributed by atoms with Gasteiger partial charge in [0.2, 0.25) is 0 Å². The van der Waals surface area contributed by atoms with Gasteiger partial charge in [0, 0.05) is 18.9 Å². The van der Waals surface area contributed by atoms with Gasteiger partial charge >= 0.3 is 0 Å². The summed E-state index contributed by atoms with van der Waals surface area (Å²) in [5.74, 6) is 5.19. The molecule has 0 amide bonds. The third kappa shape index (κ3) is 3.61. The largest absolute Gasteiger partial charge is 0.329 e. The molecule has 11 heavy (non-hydrogen) atoms. The monoisotopic (exact) mass is 155 g/mol. The normalized spacial score (nSPS) is 20.5. The summed E-state index contributed by atoms with van der Waals surface area (Å²) in [6.07, 6.45) is 7.64. The van der Waals surface area contributed by atoms with E-state index in [4.69, 9.17) is 5.84 Å². The molecule has 2 heterocycles. The second-order valence-corrected chi connectivity index (χ2v) is 2.11. The first-order valence-corrected chi connectivity index (χ1v) is 3.46. The van der Waals surface area contributed by atoms with Gasteiger partial charge in [-0.25, -0.2) is 5.43 Å². The van der Waals surface area contributed by atoms with Crippen LogP contribution in [0, 0.1) is 0 Å². The molecule has 5 heteroatoms. The minimum Gasteiger partial charge on any atom is -0.329 e. The highest BCUT2D eigenvalue weighted by Gasteiger charge is 1.93. The molecule has 2 aliphatic rings. The Morgan fingerprint density at radius 1 is 1.27 bits per heavy atom. The van der Waals surface area contributed by atoms with E-state index in [1.807, 2.05) is 18.4 Å². The van der Waals surface area contributed by atoms with E-state index >= 15 is 0 Å². The van der Waals surface area contributed by atoms with Crippen molar-refractivity contribution >= 4 is 0 Å². The minimum atomic E-state index is 0.806. The van der Waals surface area contributed by atoms with Gasteiger partial charge in [-0.2, -0.15) is 5.12 Å². The van der Waals surface area contributed by atoms with Crippen molar-refractivity contribution in [2.75, 3.05) is 13.1 Å². The first-order chi connectivity index (χ1) is 5.39. The second kappa shape index (κ2) is 4.73. The summed E-state index contributed by atoms with van der Waals surface area (Å²) in [4.78, 5) is 0. The predicted octanol–water partition coefficient (Wildman–Crippen LogP) is -1.20. The minimum absolute atomic E-state index is 0.806. The quantitative estimate of drug-likeness (QED) is 0.331. The number of rotatable bonds is 0. The molecule has 0 unspecified atom stereocenters. The Morgan fingerprint density at radius 3 is 2.36 bits per heavy atom. The molecule has 0 radical (unpaired) electrons. The average Bonchev–Trinajstić information content (AvgIpc) is 2.57. The molecule has 0 aromatic rings. The summed E-state index contributed by atoms with van der Waals surface area (Å²) in [6.45, 7) is 1.76. The van der Waals surface area contributed by atoms with Crippen LogP contribution in [0.4, 0.5) is 0 Å². The van der Waals surface area contributed by atoms with Gasteiger partial charge in [0.15, 0.2) is 0 Å². The highest BCUT2D eigenvalue weighted by Crippen LogP contribution is 1.80. The number of hydrogen-bond acceptors (Lipinski definition) is 5. The lowest BCUT2D eigenvalue weighted by Gasteiger charge is -2.04.